The summed E-state index contributed by atoms with van der Waals surface area (Å²) in [7, 11) is 3.30. The van der Waals surface area contributed by atoms with E-state index in [1.807, 2.05) is 67.6 Å². The van der Waals surface area contributed by atoms with Crippen LogP contribution in [0.15, 0.2) is 60.7 Å². The number of aryl methyl sites for hydroxylation is 1. The van der Waals surface area contributed by atoms with Gasteiger partial charge in [0.05, 0.1) is 14.2 Å². The summed E-state index contributed by atoms with van der Waals surface area (Å²) in [5, 5.41) is 10.5. The Labute approximate surface area is 142 Å². The summed E-state index contributed by atoms with van der Waals surface area (Å²) in [5.74, 6) is 1.88. The van der Waals surface area contributed by atoms with E-state index in [0.29, 0.717) is 5.75 Å². The molecule has 0 amide bonds. The van der Waals surface area contributed by atoms with E-state index >= 15 is 0 Å². The number of hydrogen-bond acceptors (Lipinski definition) is 3. The standard InChI is InChI=1S/C21H20O3/c1-14-5-4-6-19(21(14)22)18-12-11-17(24-3)13-20(18)15-7-9-16(23-2)10-8-15/h4-13,22H,1-3H3. The van der Waals surface area contributed by atoms with Crippen molar-refractivity contribution in [2.45, 2.75) is 6.92 Å². The number of para-hydroxylation sites is 1. The van der Waals surface area contributed by atoms with Crippen LogP contribution in [0.2, 0.25) is 0 Å². The SMILES string of the molecule is COc1ccc(-c2cc(OC)ccc2-c2cccc(C)c2O)cc1. The first-order chi connectivity index (χ1) is 11.6. The van der Waals surface area contributed by atoms with Crippen LogP contribution >= 0.6 is 0 Å². The van der Waals surface area contributed by atoms with Crippen molar-refractivity contribution in [3.05, 3.63) is 66.2 Å². The first kappa shape index (κ1) is 15.9. The van der Waals surface area contributed by atoms with Crippen molar-refractivity contribution >= 4 is 0 Å². The van der Waals surface area contributed by atoms with Crippen LogP contribution in [0.4, 0.5) is 0 Å². The van der Waals surface area contributed by atoms with Gasteiger partial charge in [0, 0.05) is 5.56 Å². The Morgan fingerprint density at radius 1 is 0.708 bits per heavy atom. The van der Waals surface area contributed by atoms with Gasteiger partial charge in [0.2, 0.25) is 0 Å². The van der Waals surface area contributed by atoms with Crippen molar-refractivity contribution in [2.24, 2.45) is 0 Å². The van der Waals surface area contributed by atoms with Crippen LogP contribution in [0.3, 0.4) is 0 Å². The minimum atomic E-state index is 0.303. The van der Waals surface area contributed by atoms with E-state index in [0.717, 1.165) is 39.3 Å². The van der Waals surface area contributed by atoms with Crippen LogP contribution in [-0.2, 0) is 0 Å². The Bertz CT molecular complexity index is 851. The smallest absolute Gasteiger partial charge is 0.126 e. The largest absolute Gasteiger partial charge is 0.507 e. The third-order valence-corrected chi connectivity index (χ3v) is 4.16. The zero-order valence-corrected chi connectivity index (χ0v) is 14.0. The average Bonchev–Trinajstić information content (AvgIpc) is 2.64. The Kier molecular flexibility index (Phi) is 4.43. The first-order valence-electron chi connectivity index (χ1n) is 7.75. The molecule has 0 fully saturated rings. The third kappa shape index (κ3) is 2.93. The fourth-order valence-corrected chi connectivity index (χ4v) is 2.77. The predicted molar refractivity (Wildman–Crippen MR) is 96.8 cm³/mol. The van der Waals surface area contributed by atoms with Crippen LogP contribution in [0.1, 0.15) is 5.56 Å². The zero-order chi connectivity index (χ0) is 17.1. The second-order valence-electron chi connectivity index (χ2n) is 5.61. The maximum Gasteiger partial charge on any atom is 0.126 e. The molecule has 0 aliphatic carbocycles. The number of benzene rings is 3. The van der Waals surface area contributed by atoms with E-state index in [9.17, 15) is 5.11 Å². The second-order valence-corrected chi connectivity index (χ2v) is 5.61. The molecule has 3 heteroatoms. The molecular weight excluding hydrogens is 300 g/mol. The summed E-state index contributed by atoms with van der Waals surface area (Å²) in [6.07, 6.45) is 0. The molecule has 0 spiro atoms. The van der Waals surface area contributed by atoms with E-state index in [-0.39, 0.29) is 0 Å². The van der Waals surface area contributed by atoms with Crippen LogP contribution in [-0.4, -0.2) is 19.3 Å². The molecule has 24 heavy (non-hydrogen) atoms. The van der Waals surface area contributed by atoms with Crippen molar-refractivity contribution in [1.82, 2.24) is 0 Å². The van der Waals surface area contributed by atoms with Crippen LogP contribution < -0.4 is 9.47 Å². The maximum atomic E-state index is 10.5. The molecule has 3 rings (SSSR count). The third-order valence-electron chi connectivity index (χ3n) is 4.16. The summed E-state index contributed by atoms with van der Waals surface area (Å²) in [6.45, 7) is 1.90. The lowest BCUT2D eigenvalue weighted by Crippen LogP contribution is -1.90. The minimum absolute atomic E-state index is 0.303. The quantitative estimate of drug-likeness (QED) is 0.731. The van der Waals surface area contributed by atoms with E-state index in [1.54, 1.807) is 14.2 Å². The highest BCUT2D eigenvalue weighted by molar-refractivity contribution is 5.87. The van der Waals surface area contributed by atoms with Gasteiger partial charge in [-0.2, -0.15) is 0 Å². The number of hydrogen-bond donors (Lipinski definition) is 1. The van der Waals surface area contributed by atoms with Crippen molar-refractivity contribution < 1.29 is 14.6 Å². The number of phenolic OH excluding ortho intramolecular Hbond substituents is 1. The van der Waals surface area contributed by atoms with Gasteiger partial charge in [-0.15, -0.1) is 0 Å². The van der Waals surface area contributed by atoms with Gasteiger partial charge in [-0.1, -0.05) is 30.3 Å². The van der Waals surface area contributed by atoms with Gasteiger partial charge >= 0.3 is 0 Å². The van der Waals surface area contributed by atoms with E-state index in [1.165, 1.54) is 0 Å². The molecule has 3 nitrogen and oxygen atoms in total. The molecule has 0 unspecified atom stereocenters. The molecule has 1 N–H and O–H groups in total. The Balaban J connectivity index is 2.21. The molecule has 0 radical (unpaired) electrons. The van der Waals surface area contributed by atoms with Crippen LogP contribution in [0, 0.1) is 6.92 Å². The molecule has 122 valence electrons. The molecule has 0 aliphatic rings. The monoisotopic (exact) mass is 320 g/mol. The van der Waals surface area contributed by atoms with Gasteiger partial charge in [0.15, 0.2) is 0 Å². The Morgan fingerprint density at radius 3 is 2.04 bits per heavy atom. The summed E-state index contributed by atoms with van der Waals surface area (Å²) in [5.41, 5.74) is 4.65. The molecule has 0 saturated heterocycles. The molecule has 0 saturated carbocycles. The molecule has 3 aromatic rings. The summed E-state index contributed by atoms with van der Waals surface area (Å²) < 4.78 is 10.6. The Morgan fingerprint density at radius 2 is 1.38 bits per heavy atom. The first-order valence-corrected chi connectivity index (χ1v) is 7.75. The van der Waals surface area contributed by atoms with Gasteiger partial charge in [0.25, 0.3) is 0 Å². The lowest BCUT2D eigenvalue weighted by atomic mass is 9.93. The number of aromatic hydroxyl groups is 1. The van der Waals surface area contributed by atoms with E-state index < -0.39 is 0 Å². The molecule has 0 atom stereocenters. The number of phenols is 1. The van der Waals surface area contributed by atoms with Gasteiger partial charge < -0.3 is 14.6 Å². The van der Waals surface area contributed by atoms with Crippen LogP contribution in [0.5, 0.6) is 17.2 Å². The Hall–Kier alpha value is -2.94. The van der Waals surface area contributed by atoms with Crippen molar-refractivity contribution in [2.75, 3.05) is 14.2 Å². The summed E-state index contributed by atoms with van der Waals surface area (Å²) in [6, 6.07) is 19.5. The lowest BCUT2D eigenvalue weighted by Gasteiger charge is -2.14. The van der Waals surface area contributed by atoms with Gasteiger partial charge in [-0.05, 0) is 59.5 Å². The molecule has 0 bridgehead atoms. The van der Waals surface area contributed by atoms with Crippen molar-refractivity contribution in [3.63, 3.8) is 0 Å². The predicted octanol–water partition coefficient (Wildman–Crippen LogP) is 5.05. The van der Waals surface area contributed by atoms with Gasteiger partial charge in [-0.3, -0.25) is 0 Å². The summed E-state index contributed by atoms with van der Waals surface area (Å²) in [4.78, 5) is 0. The lowest BCUT2D eigenvalue weighted by molar-refractivity contribution is 0.414. The molecule has 0 aliphatic heterocycles. The fraction of sp³-hybridized carbons (Fsp3) is 0.143. The normalized spacial score (nSPS) is 10.5. The number of methoxy groups -OCH3 is 2. The molecule has 0 heterocycles. The van der Waals surface area contributed by atoms with Crippen molar-refractivity contribution in [1.29, 1.82) is 0 Å². The average molecular weight is 320 g/mol. The van der Waals surface area contributed by atoms with E-state index in [2.05, 4.69) is 0 Å². The molecule has 3 aromatic carbocycles. The highest BCUT2D eigenvalue weighted by Gasteiger charge is 2.13. The zero-order valence-electron chi connectivity index (χ0n) is 14.0. The maximum absolute atomic E-state index is 10.5. The highest BCUT2D eigenvalue weighted by atomic mass is 16.5. The number of rotatable bonds is 4. The molecule has 0 aromatic heterocycles. The molecular formula is C21H20O3. The minimum Gasteiger partial charge on any atom is -0.507 e. The van der Waals surface area contributed by atoms with E-state index in [4.69, 9.17) is 9.47 Å². The second kappa shape index (κ2) is 6.67. The highest BCUT2D eigenvalue weighted by Crippen LogP contribution is 2.40. The van der Waals surface area contributed by atoms with Crippen molar-refractivity contribution in [3.8, 4) is 39.5 Å². The summed E-state index contributed by atoms with van der Waals surface area (Å²) >= 11 is 0. The van der Waals surface area contributed by atoms with Gasteiger partial charge in [0.1, 0.15) is 17.2 Å². The topological polar surface area (TPSA) is 38.7 Å². The fourth-order valence-electron chi connectivity index (χ4n) is 2.77. The van der Waals surface area contributed by atoms with Crippen LogP contribution in [0.25, 0.3) is 22.3 Å². The van der Waals surface area contributed by atoms with Gasteiger partial charge in [-0.25, -0.2) is 0 Å². The number of ether oxygens (including phenoxy) is 2.